The second kappa shape index (κ2) is 4.67. The molecule has 1 aliphatic rings. The normalized spacial score (nSPS) is 25.6. The zero-order valence-corrected chi connectivity index (χ0v) is 9.29. The average Bonchev–Trinajstić information content (AvgIpc) is 2.15. The summed E-state index contributed by atoms with van der Waals surface area (Å²) in [5.41, 5.74) is 0. The van der Waals surface area contributed by atoms with E-state index < -0.39 is 10.2 Å². The lowest BCUT2D eigenvalue weighted by atomic mass is 10.00. The molecule has 0 N–H and O–H groups in total. The molecule has 0 spiro atoms. The Balaban J connectivity index is 2.63. The quantitative estimate of drug-likeness (QED) is 0.406. The number of nitrogens with zero attached hydrogens (tertiary/aromatic N) is 1. The van der Waals surface area contributed by atoms with E-state index in [1.807, 2.05) is 24.3 Å². The van der Waals surface area contributed by atoms with E-state index in [9.17, 15) is 4.79 Å². The first-order valence-electron chi connectivity index (χ1n) is 4.18. The molecule has 0 bridgehead atoms. The van der Waals surface area contributed by atoms with E-state index in [-0.39, 0.29) is 0 Å². The number of halogens is 2. The molecule has 0 radical (unpaired) electrons. The van der Waals surface area contributed by atoms with Gasteiger partial charge in [0.1, 0.15) is 0 Å². The molecule has 1 aliphatic carbocycles. The average molecular weight is 232 g/mol. The van der Waals surface area contributed by atoms with Crippen LogP contribution in [0.15, 0.2) is 36.6 Å². The van der Waals surface area contributed by atoms with Crippen molar-refractivity contribution in [2.75, 3.05) is 7.05 Å². The van der Waals surface area contributed by atoms with Gasteiger partial charge in [0.25, 0.3) is 0 Å². The Morgan fingerprint density at radius 2 is 2.29 bits per heavy atom. The summed E-state index contributed by atoms with van der Waals surface area (Å²) in [6.45, 7) is 0. The van der Waals surface area contributed by atoms with Crippen LogP contribution in [-0.4, -0.2) is 22.2 Å². The molecule has 0 fully saturated rings. The summed E-state index contributed by atoms with van der Waals surface area (Å²) in [5.74, 6) is 0. The minimum absolute atomic E-state index is 0.531. The highest BCUT2D eigenvalue weighted by atomic mass is 35.5. The molecule has 0 aliphatic heterocycles. The molecule has 0 heterocycles. The highest BCUT2D eigenvalue weighted by molar-refractivity contribution is 6.62. The summed E-state index contributed by atoms with van der Waals surface area (Å²) >= 11 is 11.5. The maximum atomic E-state index is 10.7. The zero-order valence-electron chi connectivity index (χ0n) is 7.78. The van der Waals surface area contributed by atoms with E-state index >= 15 is 0 Å². The number of alkyl halides is 1. The molecule has 2 nitrogen and oxygen atoms in total. The monoisotopic (exact) mass is 231 g/mol. The van der Waals surface area contributed by atoms with Gasteiger partial charge in [0.2, 0.25) is 0 Å². The summed E-state index contributed by atoms with van der Waals surface area (Å²) in [5, 5.41) is -0.531. The van der Waals surface area contributed by atoms with Crippen LogP contribution >= 0.6 is 23.2 Å². The number of amides is 1. The fourth-order valence-corrected chi connectivity index (χ4v) is 1.30. The van der Waals surface area contributed by atoms with Crippen LogP contribution in [0.5, 0.6) is 0 Å². The smallest absolute Gasteiger partial charge is 0.309 e. The molecule has 0 saturated heterocycles. The van der Waals surface area contributed by atoms with Crippen molar-refractivity contribution >= 4 is 28.6 Å². The zero-order chi connectivity index (χ0) is 10.6. The summed E-state index contributed by atoms with van der Waals surface area (Å²) < 4.78 is 0. The lowest BCUT2D eigenvalue weighted by molar-refractivity contribution is 0.244. The second-order valence-corrected chi connectivity index (χ2v) is 4.12. The van der Waals surface area contributed by atoms with Crippen LogP contribution in [0, 0.1) is 0 Å². The fraction of sp³-hybridized carbons (Fsp3) is 0.300. The van der Waals surface area contributed by atoms with E-state index in [2.05, 4.69) is 0 Å². The van der Waals surface area contributed by atoms with Crippen molar-refractivity contribution < 1.29 is 4.79 Å². The summed E-state index contributed by atoms with van der Waals surface area (Å²) in [6, 6.07) is 0. The highest BCUT2D eigenvalue weighted by Gasteiger charge is 2.20. The number of carbonyl (C=O) groups excluding carboxylic acids is 1. The van der Waals surface area contributed by atoms with Crippen molar-refractivity contribution in [2.24, 2.45) is 0 Å². The Kier molecular flexibility index (Phi) is 3.78. The highest BCUT2D eigenvalue weighted by Crippen LogP contribution is 2.27. The van der Waals surface area contributed by atoms with E-state index in [4.69, 9.17) is 23.2 Å². The van der Waals surface area contributed by atoms with Gasteiger partial charge >= 0.3 is 5.37 Å². The van der Waals surface area contributed by atoms with E-state index in [1.165, 1.54) is 4.90 Å². The van der Waals surface area contributed by atoms with Crippen LogP contribution in [0.3, 0.4) is 0 Å². The fourth-order valence-electron chi connectivity index (χ4n) is 1.03. The van der Waals surface area contributed by atoms with E-state index in [1.54, 1.807) is 19.3 Å². The number of rotatable bonds is 2. The lowest BCUT2D eigenvalue weighted by Crippen LogP contribution is -2.19. The van der Waals surface area contributed by atoms with Gasteiger partial charge in [-0.3, -0.25) is 4.79 Å². The molecule has 1 atom stereocenters. The van der Waals surface area contributed by atoms with Gasteiger partial charge in [-0.25, -0.2) is 0 Å². The number of allylic oxidation sites excluding steroid dienone is 5. The molecule has 0 aromatic heterocycles. The van der Waals surface area contributed by atoms with Crippen molar-refractivity contribution in [1.29, 1.82) is 0 Å². The Morgan fingerprint density at radius 3 is 2.79 bits per heavy atom. The van der Waals surface area contributed by atoms with Gasteiger partial charge in [-0.15, -0.1) is 11.6 Å². The Labute approximate surface area is 93.5 Å². The first-order chi connectivity index (χ1) is 6.53. The van der Waals surface area contributed by atoms with Crippen molar-refractivity contribution in [3.63, 3.8) is 0 Å². The largest absolute Gasteiger partial charge is 0.320 e. The minimum atomic E-state index is -0.532. The van der Waals surface area contributed by atoms with Crippen molar-refractivity contribution in [2.45, 2.75) is 11.3 Å². The van der Waals surface area contributed by atoms with Gasteiger partial charge in [0.15, 0.2) is 0 Å². The summed E-state index contributed by atoms with van der Waals surface area (Å²) in [6.07, 6.45) is 11.7. The third-order valence-electron chi connectivity index (χ3n) is 1.90. The van der Waals surface area contributed by atoms with Crippen LogP contribution in [-0.2, 0) is 0 Å². The topological polar surface area (TPSA) is 20.3 Å². The van der Waals surface area contributed by atoms with Gasteiger partial charge in [0, 0.05) is 13.2 Å². The maximum absolute atomic E-state index is 10.7. The molecule has 1 unspecified atom stereocenters. The molecule has 4 heteroatoms. The van der Waals surface area contributed by atoms with Crippen LogP contribution < -0.4 is 0 Å². The lowest BCUT2D eigenvalue weighted by Gasteiger charge is -2.20. The molecule has 1 rings (SSSR count). The minimum Gasteiger partial charge on any atom is -0.309 e. The summed E-state index contributed by atoms with van der Waals surface area (Å²) in [4.78, 5) is 11.4. The molecule has 0 aromatic carbocycles. The molecule has 14 heavy (non-hydrogen) atoms. The summed E-state index contributed by atoms with van der Waals surface area (Å²) in [7, 11) is 1.58. The van der Waals surface area contributed by atoms with Crippen molar-refractivity contribution in [3.05, 3.63) is 36.6 Å². The second-order valence-electron chi connectivity index (χ2n) is 3.10. The molecule has 1 amide bonds. The van der Waals surface area contributed by atoms with Crippen LogP contribution in [0.4, 0.5) is 4.79 Å². The van der Waals surface area contributed by atoms with E-state index in [0.717, 1.165) is 0 Å². The van der Waals surface area contributed by atoms with Gasteiger partial charge in [-0.2, -0.15) is 0 Å². The number of carbonyl (C=O) groups is 1. The SMILES string of the molecule is CN(C=CC1(Cl)C=CC=CC1)C(=O)Cl. The first kappa shape index (κ1) is 11.3. The Morgan fingerprint density at radius 1 is 1.57 bits per heavy atom. The van der Waals surface area contributed by atoms with Crippen molar-refractivity contribution in [3.8, 4) is 0 Å². The van der Waals surface area contributed by atoms with Crippen molar-refractivity contribution in [1.82, 2.24) is 4.90 Å². The third kappa shape index (κ3) is 3.20. The molecule has 0 saturated carbocycles. The van der Waals surface area contributed by atoms with E-state index in [0.29, 0.717) is 6.42 Å². The Bertz CT molecular complexity index is 309. The van der Waals surface area contributed by atoms with Gasteiger partial charge < -0.3 is 4.90 Å². The number of hydrogen-bond donors (Lipinski definition) is 0. The molecule has 0 aromatic rings. The standard InChI is InChI=1S/C10H11Cl2NO/c1-13(9(11)14)8-7-10(12)5-3-2-4-6-10/h2-5,7-8H,6H2,1H3. The molecular weight excluding hydrogens is 221 g/mol. The van der Waals surface area contributed by atoms with Crippen LogP contribution in [0.25, 0.3) is 0 Å². The third-order valence-corrected chi connectivity index (χ3v) is 2.58. The predicted octanol–water partition coefficient (Wildman–Crippen LogP) is 3.28. The molecular formula is C10H11Cl2NO. The van der Waals surface area contributed by atoms with Gasteiger partial charge in [0.05, 0.1) is 4.87 Å². The Hall–Kier alpha value is -0.730. The first-order valence-corrected chi connectivity index (χ1v) is 4.94. The number of hydrogen-bond acceptors (Lipinski definition) is 1. The van der Waals surface area contributed by atoms with Gasteiger partial charge in [-0.05, 0) is 24.1 Å². The molecule has 76 valence electrons. The van der Waals surface area contributed by atoms with Crippen LogP contribution in [0.1, 0.15) is 6.42 Å². The predicted molar refractivity (Wildman–Crippen MR) is 59.6 cm³/mol. The maximum Gasteiger partial charge on any atom is 0.320 e. The van der Waals surface area contributed by atoms with Crippen LogP contribution in [0.2, 0.25) is 0 Å². The van der Waals surface area contributed by atoms with Gasteiger partial charge in [-0.1, -0.05) is 24.3 Å².